The van der Waals surface area contributed by atoms with Gasteiger partial charge in [0.25, 0.3) is 0 Å². The Balaban J connectivity index is 1.87. The number of benzene rings is 2. The third kappa shape index (κ3) is 2.93. The fourth-order valence-electron chi connectivity index (χ4n) is 2.19. The standard InChI is InChI=1S/C17H11ClFNO/c18-14-8-11(3-5-15(14)19)9-17(21)13-4-6-16-12(10-13)2-1-7-20-16/h1-8,10H,9H2. The van der Waals surface area contributed by atoms with Crippen molar-refractivity contribution in [3.05, 3.63) is 76.7 Å². The second-order valence-corrected chi connectivity index (χ2v) is 5.17. The molecule has 0 aliphatic rings. The number of pyridine rings is 1. The van der Waals surface area contributed by atoms with Crippen LogP contribution in [-0.4, -0.2) is 10.8 Å². The van der Waals surface area contributed by atoms with Gasteiger partial charge in [-0.25, -0.2) is 4.39 Å². The molecule has 0 aliphatic heterocycles. The summed E-state index contributed by atoms with van der Waals surface area (Å²) in [5.74, 6) is -0.520. The number of Topliss-reactive ketones (excluding diaryl/α,β-unsaturated/α-hetero) is 1. The lowest BCUT2D eigenvalue weighted by atomic mass is 10.0. The molecule has 0 bridgehead atoms. The van der Waals surface area contributed by atoms with Gasteiger partial charge < -0.3 is 0 Å². The van der Waals surface area contributed by atoms with Crippen molar-refractivity contribution in [2.75, 3.05) is 0 Å². The van der Waals surface area contributed by atoms with Gasteiger partial charge in [0.2, 0.25) is 0 Å². The molecule has 0 amide bonds. The van der Waals surface area contributed by atoms with E-state index in [2.05, 4.69) is 4.98 Å². The Labute approximate surface area is 126 Å². The summed E-state index contributed by atoms with van der Waals surface area (Å²) in [6.45, 7) is 0. The molecule has 0 saturated heterocycles. The lowest BCUT2D eigenvalue weighted by Gasteiger charge is -2.04. The molecule has 1 heterocycles. The Morgan fingerprint density at radius 2 is 2.00 bits per heavy atom. The first-order valence-corrected chi connectivity index (χ1v) is 6.83. The molecule has 0 atom stereocenters. The summed E-state index contributed by atoms with van der Waals surface area (Å²) in [4.78, 5) is 16.5. The first kappa shape index (κ1) is 13.7. The van der Waals surface area contributed by atoms with E-state index in [1.54, 1.807) is 18.3 Å². The first-order valence-electron chi connectivity index (χ1n) is 6.45. The number of hydrogen-bond donors (Lipinski definition) is 0. The van der Waals surface area contributed by atoms with Gasteiger partial charge >= 0.3 is 0 Å². The van der Waals surface area contributed by atoms with Gasteiger partial charge in [-0.05, 0) is 42.0 Å². The highest BCUT2D eigenvalue weighted by molar-refractivity contribution is 6.30. The molecular formula is C17H11ClFNO. The molecule has 0 saturated carbocycles. The van der Waals surface area contributed by atoms with E-state index >= 15 is 0 Å². The first-order chi connectivity index (χ1) is 10.1. The van der Waals surface area contributed by atoms with Crippen molar-refractivity contribution in [3.8, 4) is 0 Å². The molecule has 2 aromatic carbocycles. The van der Waals surface area contributed by atoms with E-state index in [1.807, 2.05) is 24.3 Å². The van der Waals surface area contributed by atoms with Crippen LogP contribution in [0.5, 0.6) is 0 Å². The smallest absolute Gasteiger partial charge is 0.167 e. The van der Waals surface area contributed by atoms with Crippen LogP contribution in [0.25, 0.3) is 10.9 Å². The third-order valence-corrected chi connectivity index (χ3v) is 3.56. The van der Waals surface area contributed by atoms with Gasteiger partial charge in [-0.15, -0.1) is 0 Å². The Bertz CT molecular complexity index is 832. The molecule has 2 nitrogen and oxygen atoms in total. The van der Waals surface area contributed by atoms with Crippen LogP contribution in [0.15, 0.2) is 54.7 Å². The van der Waals surface area contributed by atoms with Crippen LogP contribution in [0.1, 0.15) is 15.9 Å². The predicted molar refractivity (Wildman–Crippen MR) is 81.2 cm³/mol. The molecule has 0 fully saturated rings. The molecule has 0 aliphatic carbocycles. The summed E-state index contributed by atoms with van der Waals surface area (Å²) < 4.78 is 13.1. The third-order valence-electron chi connectivity index (χ3n) is 3.27. The van der Waals surface area contributed by atoms with Gasteiger partial charge in [0.05, 0.1) is 10.5 Å². The van der Waals surface area contributed by atoms with Crippen LogP contribution in [0.3, 0.4) is 0 Å². The Morgan fingerprint density at radius 1 is 1.14 bits per heavy atom. The molecule has 0 spiro atoms. The Hall–Kier alpha value is -2.26. The topological polar surface area (TPSA) is 30.0 Å². The van der Waals surface area contributed by atoms with E-state index < -0.39 is 5.82 Å². The van der Waals surface area contributed by atoms with Crippen LogP contribution in [-0.2, 0) is 6.42 Å². The van der Waals surface area contributed by atoms with E-state index in [0.29, 0.717) is 11.1 Å². The number of rotatable bonds is 3. The van der Waals surface area contributed by atoms with Gasteiger partial charge in [-0.2, -0.15) is 0 Å². The summed E-state index contributed by atoms with van der Waals surface area (Å²) in [7, 11) is 0. The number of hydrogen-bond acceptors (Lipinski definition) is 2. The Morgan fingerprint density at radius 3 is 2.81 bits per heavy atom. The Kier molecular flexibility index (Phi) is 3.67. The van der Waals surface area contributed by atoms with Crippen molar-refractivity contribution in [2.45, 2.75) is 6.42 Å². The minimum absolute atomic E-state index is 0.0306. The molecule has 104 valence electrons. The number of aromatic nitrogens is 1. The van der Waals surface area contributed by atoms with Crippen LogP contribution in [0.2, 0.25) is 5.02 Å². The number of fused-ring (bicyclic) bond motifs is 1. The summed E-state index contributed by atoms with van der Waals surface area (Å²) in [6, 6.07) is 13.5. The highest BCUT2D eigenvalue weighted by Crippen LogP contribution is 2.19. The van der Waals surface area contributed by atoms with Crippen LogP contribution >= 0.6 is 11.6 Å². The second kappa shape index (κ2) is 5.62. The molecule has 4 heteroatoms. The lowest BCUT2D eigenvalue weighted by molar-refractivity contribution is 0.0993. The monoisotopic (exact) mass is 299 g/mol. The van der Waals surface area contributed by atoms with Crippen molar-refractivity contribution in [1.29, 1.82) is 0 Å². The van der Waals surface area contributed by atoms with Gasteiger partial charge in [-0.1, -0.05) is 23.7 Å². The molecule has 3 aromatic rings. The number of halogens is 2. The highest BCUT2D eigenvalue weighted by atomic mass is 35.5. The second-order valence-electron chi connectivity index (χ2n) is 4.76. The van der Waals surface area contributed by atoms with Crippen molar-refractivity contribution in [3.63, 3.8) is 0 Å². The van der Waals surface area contributed by atoms with Gasteiger partial charge in [0.15, 0.2) is 5.78 Å². The molecule has 0 N–H and O–H groups in total. The molecule has 21 heavy (non-hydrogen) atoms. The zero-order valence-corrected chi connectivity index (χ0v) is 11.8. The molecule has 0 unspecified atom stereocenters. The molecular weight excluding hydrogens is 289 g/mol. The molecule has 3 rings (SSSR count). The maximum absolute atomic E-state index is 13.1. The van der Waals surface area contributed by atoms with Crippen molar-refractivity contribution in [1.82, 2.24) is 4.98 Å². The zero-order chi connectivity index (χ0) is 14.8. The lowest BCUT2D eigenvalue weighted by Crippen LogP contribution is -2.03. The zero-order valence-electron chi connectivity index (χ0n) is 11.0. The van der Waals surface area contributed by atoms with E-state index in [1.165, 1.54) is 12.1 Å². The summed E-state index contributed by atoms with van der Waals surface area (Å²) in [5.41, 5.74) is 2.15. The van der Waals surface area contributed by atoms with E-state index in [-0.39, 0.29) is 17.2 Å². The predicted octanol–water partition coefficient (Wildman–Crippen LogP) is 4.45. The average molecular weight is 300 g/mol. The summed E-state index contributed by atoms with van der Waals surface area (Å²) in [6.07, 6.45) is 1.90. The normalized spacial score (nSPS) is 10.8. The average Bonchev–Trinajstić information content (AvgIpc) is 2.50. The quantitative estimate of drug-likeness (QED) is 0.669. The number of carbonyl (C=O) groups excluding carboxylic acids is 1. The van der Waals surface area contributed by atoms with Gasteiger partial charge in [0.1, 0.15) is 5.82 Å². The fraction of sp³-hybridized carbons (Fsp3) is 0.0588. The molecule has 0 radical (unpaired) electrons. The van der Waals surface area contributed by atoms with Crippen LogP contribution in [0, 0.1) is 5.82 Å². The van der Waals surface area contributed by atoms with Crippen molar-refractivity contribution in [2.24, 2.45) is 0 Å². The number of nitrogens with zero attached hydrogens (tertiary/aromatic N) is 1. The highest BCUT2D eigenvalue weighted by Gasteiger charge is 2.09. The minimum Gasteiger partial charge on any atom is -0.294 e. The number of carbonyl (C=O) groups is 1. The fourth-order valence-corrected chi connectivity index (χ4v) is 2.39. The maximum atomic E-state index is 13.1. The van der Waals surface area contributed by atoms with E-state index in [9.17, 15) is 9.18 Å². The number of ketones is 1. The van der Waals surface area contributed by atoms with E-state index in [0.717, 1.165) is 10.9 Å². The molecule has 1 aromatic heterocycles. The summed E-state index contributed by atoms with van der Waals surface area (Å²) >= 11 is 5.73. The van der Waals surface area contributed by atoms with Crippen molar-refractivity contribution < 1.29 is 9.18 Å². The van der Waals surface area contributed by atoms with E-state index in [4.69, 9.17) is 11.6 Å². The SMILES string of the molecule is O=C(Cc1ccc(F)c(Cl)c1)c1ccc2ncccc2c1. The largest absolute Gasteiger partial charge is 0.294 e. The minimum atomic E-state index is -0.482. The van der Waals surface area contributed by atoms with Crippen LogP contribution < -0.4 is 0 Å². The maximum Gasteiger partial charge on any atom is 0.167 e. The van der Waals surface area contributed by atoms with Crippen LogP contribution in [0.4, 0.5) is 4.39 Å². The van der Waals surface area contributed by atoms with Gasteiger partial charge in [-0.3, -0.25) is 9.78 Å². The van der Waals surface area contributed by atoms with Gasteiger partial charge in [0, 0.05) is 23.6 Å². The van der Waals surface area contributed by atoms with Crippen molar-refractivity contribution >= 4 is 28.3 Å². The summed E-state index contributed by atoms with van der Waals surface area (Å²) in [5, 5.41) is 0.948.